The fourth-order valence-electron chi connectivity index (χ4n) is 5.28. The zero-order valence-corrected chi connectivity index (χ0v) is 19.1. The van der Waals surface area contributed by atoms with Gasteiger partial charge in [-0.15, -0.1) is 0 Å². The Hall–Kier alpha value is -0.870. The smallest absolute Gasteiger partial charge is 0.400 e. The summed E-state index contributed by atoms with van der Waals surface area (Å²) in [7, 11) is -5.89. The molecule has 0 aromatic carbocycles. The molecule has 31 heavy (non-hydrogen) atoms. The van der Waals surface area contributed by atoms with Gasteiger partial charge < -0.3 is 9.84 Å². The number of halogens is 3. The van der Waals surface area contributed by atoms with Crippen molar-refractivity contribution in [1.29, 1.82) is 0 Å². The van der Waals surface area contributed by atoms with Gasteiger partial charge in [0.05, 0.1) is 17.6 Å². The van der Waals surface area contributed by atoms with E-state index in [4.69, 9.17) is 9.29 Å². The van der Waals surface area contributed by atoms with E-state index in [1.807, 2.05) is 13.8 Å². The van der Waals surface area contributed by atoms with Gasteiger partial charge in [0.2, 0.25) is 0 Å². The summed E-state index contributed by atoms with van der Waals surface area (Å²) in [5.74, 6) is 0.0497. The van der Waals surface area contributed by atoms with Gasteiger partial charge in [0.25, 0.3) is 0 Å². The van der Waals surface area contributed by atoms with Gasteiger partial charge in [0, 0.05) is 6.42 Å². The van der Waals surface area contributed by atoms with Gasteiger partial charge >= 0.3 is 21.3 Å². The normalized spacial score (nSPS) is 28.2. The van der Waals surface area contributed by atoms with E-state index in [2.05, 4.69) is 0 Å². The van der Waals surface area contributed by atoms with Gasteiger partial charge in [0.15, 0.2) is 6.17 Å². The number of carbonyl (C=O) groups excluding carboxylic acids is 1. The zero-order valence-electron chi connectivity index (χ0n) is 18.3. The van der Waals surface area contributed by atoms with Crippen LogP contribution in [-0.2, 0) is 19.6 Å². The van der Waals surface area contributed by atoms with E-state index in [0.717, 1.165) is 25.7 Å². The van der Waals surface area contributed by atoms with Crippen LogP contribution in [0, 0.1) is 17.3 Å². The Kier molecular flexibility index (Phi) is 8.47. The maximum absolute atomic E-state index is 13.7. The van der Waals surface area contributed by atoms with Crippen molar-refractivity contribution in [1.82, 2.24) is 0 Å². The fourth-order valence-corrected chi connectivity index (χ4v) is 5.72. The average Bonchev–Trinajstić information content (AvgIpc) is 2.70. The molecule has 2 rings (SSSR count). The Morgan fingerprint density at radius 3 is 2.48 bits per heavy atom. The van der Waals surface area contributed by atoms with E-state index in [9.17, 15) is 31.5 Å². The SMILES string of the molecule is CCC(O)(CC)CCC1CC2CCCC(C(=O)OCCC(F)C(F)(F)S(=O)(=O)O)(C2)C1. The second-order valence-corrected chi connectivity index (χ2v) is 10.9. The lowest BCUT2D eigenvalue weighted by Crippen LogP contribution is -2.44. The van der Waals surface area contributed by atoms with E-state index in [0.29, 0.717) is 44.4 Å². The van der Waals surface area contributed by atoms with E-state index >= 15 is 0 Å². The van der Waals surface area contributed by atoms with Crippen molar-refractivity contribution >= 4 is 16.1 Å². The molecule has 0 spiro atoms. The molecule has 0 saturated heterocycles. The number of ether oxygens (including phenoxy) is 1. The molecule has 2 N–H and O–H groups in total. The lowest BCUT2D eigenvalue weighted by molar-refractivity contribution is -0.165. The van der Waals surface area contributed by atoms with Crippen LogP contribution in [0.5, 0.6) is 0 Å². The number of rotatable bonds is 11. The molecule has 2 aliphatic carbocycles. The molecular weight excluding hydrogens is 437 g/mol. The second kappa shape index (κ2) is 9.95. The highest BCUT2D eigenvalue weighted by molar-refractivity contribution is 7.86. The summed E-state index contributed by atoms with van der Waals surface area (Å²) < 4.78 is 75.2. The minimum atomic E-state index is -5.89. The van der Waals surface area contributed by atoms with Crippen LogP contribution in [0.1, 0.15) is 84.5 Å². The first-order valence-electron chi connectivity index (χ1n) is 11.2. The largest absolute Gasteiger partial charge is 0.465 e. The van der Waals surface area contributed by atoms with Crippen LogP contribution >= 0.6 is 0 Å². The molecule has 0 amide bonds. The van der Waals surface area contributed by atoms with Gasteiger partial charge in [-0.3, -0.25) is 9.35 Å². The highest BCUT2D eigenvalue weighted by Crippen LogP contribution is 2.53. The van der Waals surface area contributed by atoms with Crippen LogP contribution in [0.4, 0.5) is 13.2 Å². The maximum atomic E-state index is 13.7. The first-order valence-corrected chi connectivity index (χ1v) is 12.6. The van der Waals surface area contributed by atoms with Crippen LogP contribution in [0.2, 0.25) is 0 Å². The van der Waals surface area contributed by atoms with Crippen molar-refractivity contribution < 1.29 is 40.8 Å². The molecule has 2 aliphatic rings. The molecule has 2 bridgehead atoms. The highest BCUT2D eigenvalue weighted by atomic mass is 32.2. The van der Waals surface area contributed by atoms with E-state index in [-0.39, 0.29) is 5.92 Å². The third kappa shape index (κ3) is 6.13. The summed E-state index contributed by atoms with van der Waals surface area (Å²) >= 11 is 0. The Morgan fingerprint density at radius 2 is 1.90 bits per heavy atom. The van der Waals surface area contributed by atoms with Gasteiger partial charge in [0.1, 0.15) is 0 Å². The van der Waals surface area contributed by atoms with Crippen LogP contribution in [0.3, 0.4) is 0 Å². The van der Waals surface area contributed by atoms with Crippen LogP contribution < -0.4 is 0 Å². The second-order valence-electron chi connectivity index (χ2n) is 9.45. The standard InChI is InChI=1S/C21H35F3O6S/c1-3-20(26,4-2)10-7-16-12-15-6-5-9-19(13-15,14-16)18(25)30-11-8-17(22)21(23,24)31(27,28)29/h15-17,26H,3-14H2,1-2H3,(H,27,28,29). The van der Waals surface area contributed by atoms with Gasteiger partial charge in [-0.05, 0) is 63.2 Å². The summed E-state index contributed by atoms with van der Waals surface area (Å²) in [6.07, 6.45) is 3.24. The summed E-state index contributed by atoms with van der Waals surface area (Å²) in [4.78, 5) is 12.9. The van der Waals surface area contributed by atoms with E-state index < -0.39 is 51.6 Å². The molecule has 0 radical (unpaired) electrons. The summed E-state index contributed by atoms with van der Waals surface area (Å²) in [5, 5.41) is 5.63. The molecule has 0 aromatic rings. The van der Waals surface area contributed by atoms with Crippen molar-refractivity contribution in [2.45, 2.75) is 102 Å². The number of carbonyl (C=O) groups is 1. The molecule has 10 heteroatoms. The Labute approximate surface area is 182 Å². The predicted molar refractivity (Wildman–Crippen MR) is 109 cm³/mol. The van der Waals surface area contributed by atoms with Crippen LogP contribution in [0.25, 0.3) is 0 Å². The molecule has 2 fully saturated rings. The molecule has 0 aliphatic heterocycles. The van der Waals surface area contributed by atoms with E-state index in [1.54, 1.807) is 0 Å². The highest BCUT2D eigenvalue weighted by Gasteiger charge is 2.53. The number of alkyl halides is 3. The van der Waals surface area contributed by atoms with E-state index in [1.165, 1.54) is 0 Å². The first-order chi connectivity index (χ1) is 14.3. The van der Waals surface area contributed by atoms with Crippen molar-refractivity contribution in [3.8, 4) is 0 Å². The minimum Gasteiger partial charge on any atom is -0.465 e. The number of aliphatic hydroxyl groups is 1. The minimum absolute atomic E-state index is 0.244. The lowest BCUT2D eigenvalue weighted by Gasteiger charge is -2.47. The Balaban J connectivity index is 1.97. The molecule has 6 nitrogen and oxygen atoms in total. The fraction of sp³-hybridized carbons (Fsp3) is 0.952. The van der Waals surface area contributed by atoms with Crippen molar-refractivity contribution in [3.63, 3.8) is 0 Å². The molecule has 4 unspecified atom stereocenters. The number of fused-ring (bicyclic) bond motifs is 2. The third-order valence-electron chi connectivity index (χ3n) is 7.37. The first kappa shape index (κ1) is 26.4. The monoisotopic (exact) mass is 472 g/mol. The van der Waals surface area contributed by atoms with Gasteiger partial charge in [-0.25, -0.2) is 4.39 Å². The van der Waals surface area contributed by atoms with Gasteiger partial charge in [-0.2, -0.15) is 17.2 Å². The average molecular weight is 473 g/mol. The zero-order chi connectivity index (χ0) is 23.5. The molecule has 182 valence electrons. The summed E-state index contributed by atoms with van der Waals surface area (Å²) in [5.41, 5.74) is -1.45. The number of hydrogen-bond donors (Lipinski definition) is 2. The van der Waals surface area contributed by atoms with Gasteiger partial charge in [-0.1, -0.05) is 26.7 Å². The lowest BCUT2D eigenvalue weighted by atomic mass is 9.58. The molecule has 2 saturated carbocycles. The molecule has 0 heterocycles. The van der Waals surface area contributed by atoms with Crippen LogP contribution in [0.15, 0.2) is 0 Å². The molecule has 0 aromatic heterocycles. The molecule has 4 atom stereocenters. The van der Waals surface area contributed by atoms with Crippen LogP contribution in [-0.4, -0.2) is 47.7 Å². The maximum Gasteiger partial charge on any atom is 0.400 e. The number of hydrogen-bond acceptors (Lipinski definition) is 5. The molecular formula is C21H35F3O6S. The summed E-state index contributed by atoms with van der Waals surface area (Å²) in [6.45, 7) is 3.21. The topological polar surface area (TPSA) is 101 Å². The Bertz CT molecular complexity index is 725. The Morgan fingerprint density at radius 1 is 1.26 bits per heavy atom. The van der Waals surface area contributed by atoms with Crippen molar-refractivity contribution in [2.75, 3.05) is 6.61 Å². The van der Waals surface area contributed by atoms with Crippen molar-refractivity contribution in [2.24, 2.45) is 17.3 Å². The van der Waals surface area contributed by atoms with Crippen molar-refractivity contribution in [3.05, 3.63) is 0 Å². The quantitative estimate of drug-likeness (QED) is 0.335. The number of esters is 1. The predicted octanol–water partition coefficient (Wildman–Crippen LogP) is 4.66. The summed E-state index contributed by atoms with van der Waals surface area (Å²) in [6, 6.07) is 0. The third-order valence-corrected chi connectivity index (χ3v) is 8.32.